The van der Waals surface area contributed by atoms with Gasteiger partial charge in [-0.1, -0.05) is 6.92 Å². The van der Waals surface area contributed by atoms with E-state index in [1.54, 1.807) is 0 Å². The molecule has 2 saturated heterocycles. The summed E-state index contributed by atoms with van der Waals surface area (Å²) >= 11 is 0. The minimum Gasteiger partial charge on any atom is -0.462 e. The summed E-state index contributed by atoms with van der Waals surface area (Å²) in [6, 6.07) is 0. The highest BCUT2D eigenvalue weighted by molar-refractivity contribution is 5.72. The number of fused-ring (bicyclic) bond motifs is 1. The van der Waals surface area contributed by atoms with E-state index in [4.69, 9.17) is 14.2 Å². The van der Waals surface area contributed by atoms with Crippen LogP contribution < -0.4 is 0 Å². The molecule has 1 saturated carbocycles. The van der Waals surface area contributed by atoms with Gasteiger partial charge in [0.15, 0.2) is 0 Å². The molecule has 0 spiro atoms. The normalized spacial score (nSPS) is 47.2. The highest BCUT2D eigenvalue weighted by Gasteiger charge is 2.52. The molecule has 1 aliphatic carbocycles. The van der Waals surface area contributed by atoms with Crippen molar-refractivity contribution in [2.45, 2.75) is 63.4 Å². The maximum Gasteiger partial charge on any atom is 0.309 e. The van der Waals surface area contributed by atoms with E-state index in [-0.39, 0.29) is 23.6 Å². The highest BCUT2D eigenvalue weighted by atomic mass is 16.6. The number of carbonyl (C=O) groups is 1. The van der Waals surface area contributed by atoms with Gasteiger partial charge in [0.2, 0.25) is 0 Å². The first-order valence-corrected chi connectivity index (χ1v) is 6.62. The van der Waals surface area contributed by atoms with E-state index in [1.165, 1.54) is 0 Å². The summed E-state index contributed by atoms with van der Waals surface area (Å²) < 4.78 is 16.3. The van der Waals surface area contributed by atoms with Crippen molar-refractivity contribution in [1.82, 2.24) is 0 Å². The van der Waals surface area contributed by atoms with Crippen LogP contribution in [-0.4, -0.2) is 36.5 Å². The molecular weight excluding hydrogens is 220 g/mol. The zero-order chi connectivity index (χ0) is 12.0. The van der Waals surface area contributed by atoms with Crippen LogP contribution >= 0.6 is 0 Å². The van der Waals surface area contributed by atoms with E-state index in [2.05, 4.69) is 6.92 Å². The van der Waals surface area contributed by atoms with Gasteiger partial charge in [0.25, 0.3) is 0 Å². The maximum atomic E-state index is 11.9. The van der Waals surface area contributed by atoms with Crippen molar-refractivity contribution in [2.24, 2.45) is 5.92 Å². The zero-order valence-electron chi connectivity index (χ0n) is 10.5. The van der Waals surface area contributed by atoms with E-state index in [0.717, 1.165) is 25.7 Å². The molecule has 3 fully saturated rings. The van der Waals surface area contributed by atoms with Gasteiger partial charge in [0, 0.05) is 0 Å². The Bertz CT molecular complexity index is 329. The second kappa shape index (κ2) is 3.95. The molecular formula is C13H20O4. The van der Waals surface area contributed by atoms with Crippen LogP contribution in [0, 0.1) is 5.92 Å². The first-order chi connectivity index (χ1) is 8.12. The Labute approximate surface area is 102 Å². The first-order valence-electron chi connectivity index (χ1n) is 6.62. The van der Waals surface area contributed by atoms with Crippen LogP contribution in [0.4, 0.5) is 0 Å². The molecule has 0 N–H and O–H groups in total. The average molecular weight is 240 g/mol. The number of hydrogen-bond acceptors (Lipinski definition) is 4. The molecule has 17 heavy (non-hydrogen) atoms. The number of esters is 1. The summed E-state index contributed by atoms with van der Waals surface area (Å²) in [7, 11) is 0. The number of carbonyl (C=O) groups excluding carboxylic acids is 1. The zero-order valence-corrected chi connectivity index (χ0v) is 10.5. The van der Waals surface area contributed by atoms with Crippen LogP contribution in [-0.2, 0) is 19.0 Å². The Morgan fingerprint density at radius 2 is 2.24 bits per heavy atom. The molecule has 3 aliphatic rings. The predicted molar refractivity (Wildman–Crippen MR) is 60.5 cm³/mol. The van der Waals surface area contributed by atoms with Crippen molar-refractivity contribution in [3.8, 4) is 0 Å². The second-order valence-electron chi connectivity index (χ2n) is 5.66. The predicted octanol–water partition coefficient (Wildman–Crippen LogP) is 1.66. The van der Waals surface area contributed by atoms with Gasteiger partial charge in [-0.3, -0.25) is 4.79 Å². The summed E-state index contributed by atoms with van der Waals surface area (Å²) in [4.78, 5) is 11.9. The molecule has 2 aliphatic heterocycles. The third-order valence-corrected chi connectivity index (χ3v) is 4.24. The lowest BCUT2D eigenvalue weighted by Gasteiger charge is -2.18. The molecule has 0 bridgehead atoms. The Morgan fingerprint density at radius 3 is 2.88 bits per heavy atom. The fraction of sp³-hybridized carbons (Fsp3) is 0.923. The van der Waals surface area contributed by atoms with Crippen LogP contribution in [0.1, 0.15) is 39.5 Å². The van der Waals surface area contributed by atoms with E-state index in [1.807, 2.05) is 6.92 Å². The van der Waals surface area contributed by atoms with Gasteiger partial charge < -0.3 is 14.2 Å². The molecule has 0 amide bonds. The molecule has 2 heterocycles. The monoisotopic (exact) mass is 240 g/mol. The molecule has 4 heteroatoms. The van der Waals surface area contributed by atoms with Crippen molar-refractivity contribution in [1.29, 1.82) is 0 Å². The largest absolute Gasteiger partial charge is 0.462 e. The van der Waals surface area contributed by atoms with Gasteiger partial charge in [-0.25, -0.2) is 0 Å². The standard InChI is InChI=1S/C13H20O4/c1-3-11-13(2,17-11)7-15-12(14)8-4-5-9-10(6-8)16-9/h8-11H,3-7H2,1-2H3. The summed E-state index contributed by atoms with van der Waals surface area (Å²) in [5, 5.41) is 0. The Kier molecular flexibility index (Phi) is 2.67. The van der Waals surface area contributed by atoms with Crippen LogP contribution in [0.25, 0.3) is 0 Å². The van der Waals surface area contributed by atoms with Gasteiger partial charge in [-0.05, 0) is 32.6 Å². The molecule has 0 radical (unpaired) electrons. The lowest BCUT2D eigenvalue weighted by atomic mass is 9.89. The summed E-state index contributed by atoms with van der Waals surface area (Å²) in [5.74, 6) is -0.0216. The molecule has 96 valence electrons. The van der Waals surface area contributed by atoms with Gasteiger partial charge in [-0.15, -0.1) is 0 Å². The third kappa shape index (κ3) is 2.20. The van der Waals surface area contributed by atoms with Crippen molar-refractivity contribution >= 4 is 5.97 Å². The van der Waals surface area contributed by atoms with Gasteiger partial charge in [-0.2, -0.15) is 0 Å². The maximum absolute atomic E-state index is 11.9. The Morgan fingerprint density at radius 1 is 1.41 bits per heavy atom. The van der Waals surface area contributed by atoms with Crippen LogP contribution in [0.2, 0.25) is 0 Å². The molecule has 5 atom stereocenters. The molecule has 0 aromatic carbocycles. The average Bonchev–Trinajstić information content (AvgIpc) is 3.20. The van der Waals surface area contributed by atoms with Gasteiger partial charge in [0.05, 0.1) is 24.2 Å². The Hall–Kier alpha value is -0.610. The van der Waals surface area contributed by atoms with Crippen molar-refractivity contribution in [2.75, 3.05) is 6.61 Å². The third-order valence-electron chi connectivity index (χ3n) is 4.24. The fourth-order valence-electron chi connectivity index (χ4n) is 2.88. The van der Waals surface area contributed by atoms with Crippen LogP contribution in [0.3, 0.4) is 0 Å². The van der Waals surface area contributed by atoms with E-state index < -0.39 is 0 Å². The SMILES string of the molecule is CCC1OC1(C)COC(=O)C1CCC2OC2C1. The van der Waals surface area contributed by atoms with Crippen molar-refractivity contribution < 1.29 is 19.0 Å². The first kappa shape index (κ1) is 11.5. The molecule has 4 nitrogen and oxygen atoms in total. The van der Waals surface area contributed by atoms with E-state index >= 15 is 0 Å². The minimum atomic E-state index is -0.225. The molecule has 3 rings (SSSR count). The summed E-state index contributed by atoms with van der Waals surface area (Å²) in [6.45, 7) is 4.49. The highest BCUT2D eigenvalue weighted by Crippen LogP contribution is 2.41. The molecule has 0 aromatic heterocycles. The van der Waals surface area contributed by atoms with E-state index in [0.29, 0.717) is 18.8 Å². The number of rotatable bonds is 4. The fourth-order valence-corrected chi connectivity index (χ4v) is 2.88. The van der Waals surface area contributed by atoms with Crippen molar-refractivity contribution in [3.05, 3.63) is 0 Å². The number of hydrogen-bond donors (Lipinski definition) is 0. The van der Waals surface area contributed by atoms with Gasteiger partial charge >= 0.3 is 5.97 Å². The number of epoxide rings is 2. The Balaban J connectivity index is 1.44. The number of ether oxygens (including phenoxy) is 3. The summed E-state index contributed by atoms with van der Waals surface area (Å²) in [6.07, 6.45) is 4.78. The minimum absolute atomic E-state index is 0.0428. The smallest absolute Gasteiger partial charge is 0.309 e. The van der Waals surface area contributed by atoms with Crippen LogP contribution in [0.5, 0.6) is 0 Å². The second-order valence-corrected chi connectivity index (χ2v) is 5.66. The van der Waals surface area contributed by atoms with Crippen LogP contribution in [0.15, 0.2) is 0 Å². The molecule has 5 unspecified atom stereocenters. The quantitative estimate of drug-likeness (QED) is 0.554. The van der Waals surface area contributed by atoms with E-state index in [9.17, 15) is 4.79 Å². The topological polar surface area (TPSA) is 51.4 Å². The van der Waals surface area contributed by atoms with Gasteiger partial charge in [0.1, 0.15) is 12.2 Å². The lowest BCUT2D eigenvalue weighted by Crippen LogP contribution is -2.28. The molecule has 0 aromatic rings. The summed E-state index contributed by atoms with van der Waals surface area (Å²) in [5.41, 5.74) is -0.225. The lowest BCUT2D eigenvalue weighted by molar-refractivity contribution is -0.151. The van der Waals surface area contributed by atoms with Crippen molar-refractivity contribution in [3.63, 3.8) is 0 Å².